The third-order valence-electron chi connectivity index (χ3n) is 4.66. The predicted octanol–water partition coefficient (Wildman–Crippen LogP) is 2.78. The molecule has 0 radical (unpaired) electrons. The van der Waals surface area contributed by atoms with Crippen molar-refractivity contribution >= 4 is 5.91 Å². The van der Waals surface area contributed by atoms with E-state index in [1.807, 2.05) is 24.3 Å². The SMILES string of the molecule is CCC(NC(=O)C1(CN)CCCC1)c1ccccc1OC. The molecule has 1 amide bonds. The molecule has 0 saturated heterocycles. The fourth-order valence-electron chi connectivity index (χ4n) is 3.24. The molecule has 21 heavy (non-hydrogen) atoms. The summed E-state index contributed by atoms with van der Waals surface area (Å²) < 4.78 is 5.41. The van der Waals surface area contributed by atoms with Crippen molar-refractivity contribution in [3.05, 3.63) is 29.8 Å². The van der Waals surface area contributed by atoms with Gasteiger partial charge in [0.05, 0.1) is 18.6 Å². The minimum atomic E-state index is -0.366. The molecule has 116 valence electrons. The molecule has 1 unspecified atom stereocenters. The van der Waals surface area contributed by atoms with E-state index in [-0.39, 0.29) is 17.4 Å². The van der Waals surface area contributed by atoms with Gasteiger partial charge in [-0.1, -0.05) is 38.0 Å². The maximum atomic E-state index is 12.7. The van der Waals surface area contributed by atoms with Crippen molar-refractivity contribution in [3.8, 4) is 5.75 Å². The maximum absolute atomic E-state index is 12.7. The van der Waals surface area contributed by atoms with Gasteiger partial charge in [-0.3, -0.25) is 4.79 Å². The van der Waals surface area contributed by atoms with E-state index >= 15 is 0 Å². The Morgan fingerprint density at radius 1 is 1.38 bits per heavy atom. The summed E-state index contributed by atoms with van der Waals surface area (Å²) in [5.41, 5.74) is 6.56. The van der Waals surface area contributed by atoms with Crippen LogP contribution in [0.25, 0.3) is 0 Å². The summed E-state index contributed by atoms with van der Waals surface area (Å²) in [5.74, 6) is 0.915. The summed E-state index contributed by atoms with van der Waals surface area (Å²) >= 11 is 0. The van der Waals surface area contributed by atoms with E-state index in [4.69, 9.17) is 10.5 Å². The van der Waals surface area contributed by atoms with Crippen LogP contribution < -0.4 is 15.8 Å². The molecular weight excluding hydrogens is 264 g/mol. The van der Waals surface area contributed by atoms with Gasteiger partial charge in [0.1, 0.15) is 5.75 Å². The number of para-hydroxylation sites is 1. The van der Waals surface area contributed by atoms with Crippen molar-refractivity contribution in [2.45, 2.75) is 45.1 Å². The van der Waals surface area contributed by atoms with Crippen LogP contribution in [0.15, 0.2) is 24.3 Å². The zero-order valence-corrected chi connectivity index (χ0v) is 13.0. The second-order valence-corrected chi connectivity index (χ2v) is 5.87. The molecule has 1 aliphatic rings. The Hall–Kier alpha value is -1.55. The maximum Gasteiger partial charge on any atom is 0.227 e. The molecule has 0 heterocycles. The third-order valence-corrected chi connectivity index (χ3v) is 4.66. The predicted molar refractivity (Wildman–Crippen MR) is 84.1 cm³/mol. The normalized spacial score (nSPS) is 18.2. The highest BCUT2D eigenvalue weighted by Gasteiger charge is 2.40. The minimum absolute atomic E-state index is 0.0299. The molecule has 0 aliphatic heterocycles. The van der Waals surface area contributed by atoms with Gasteiger partial charge in [0, 0.05) is 12.1 Å². The van der Waals surface area contributed by atoms with E-state index in [0.717, 1.165) is 43.4 Å². The Kier molecular flexibility index (Phi) is 5.23. The number of nitrogens with one attached hydrogen (secondary N) is 1. The monoisotopic (exact) mass is 290 g/mol. The number of rotatable bonds is 6. The lowest BCUT2D eigenvalue weighted by Crippen LogP contribution is -2.45. The number of nitrogens with two attached hydrogens (primary N) is 1. The van der Waals surface area contributed by atoms with Crippen molar-refractivity contribution in [2.24, 2.45) is 11.1 Å². The van der Waals surface area contributed by atoms with Gasteiger partial charge >= 0.3 is 0 Å². The first kappa shape index (κ1) is 15.8. The number of hydrogen-bond donors (Lipinski definition) is 2. The highest BCUT2D eigenvalue weighted by Crippen LogP contribution is 2.38. The Balaban J connectivity index is 2.17. The minimum Gasteiger partial charge on any atom is -0.496 e. The van der Waals surface area contributed by atoms with Gasteiger partial charge < -0.3 is 15.8 Å². The fraction of sp³-hybridized carbons (Fsp3) is 0.588. The Labute approximate surface area is 127 Å². The first-order valence-electron chi connectivity index (χ1n) is 7.81. The summed E-state index contributed by atoms with van der Waals surface area (Å²) in [6.07, 6.45) is 4.81. The van der Waals surface area contributed by atoms with Crippen molar-refractivity contribution in [1.82, 2.24) is 5.32 Å². The quantitative estimate of drug-likeness (QED) is 0.846. The van der Waals surface area contributed by atoms with E-state index in [1.165, 1.54) is 0 Å². The van der Waals surface area contributed by atoms with Crippen LogP contribution in [0.2, 0.25) is 0 Å². The summed E-state index contributed by atoms with van der Waals surface area (Å²) in [5, 5.41) is 3.19. The van der Waals surface area contributed by atoms with Gasteiger partial charge in [-0.25, -0.2) is 0 Å². The molecule has 1 fully saturated rings. The number of carbonyl (C=O) groups is 1. The molecule has 2 rings (SSSR count). The van der Waals surface area contributed by atoms with Gasteiger partial charge in [-0.2, -0.15) is 0 Å². The molecule has 1 aromatic carbocycles. The summed E-state index contributed by atoms with van der Waals surface area (Å²) in [6.45, 7) is 2.50. The molecule has 1 saturated carbocycles. The van der Waals surface area contributed by atoms with Gasteiger partial charge in [0.15, 0.2) is 0 Å². The number of hydrogen-bond acceptors (Lipinski definition) is 3. The summed E-state index contributed by atoms with van der Waals surface area (Å²) in [6, 6.07) is 7.82. The standard InChI is InChI=1S/C17H26N2O2/c1-3-14(13-8-4-5-9-15(13)21-2)19-16(20)17(12-18)10-6-7-11-17/h4-5,8-9,14H,3,6-7,10-12,18H2,1-2H3,(H,19,20). The van der Waals surface area contributed by atoms with Crippen LogP contribution in [0.5, 0.6) is 5.75 Å². The van der Waals surface area contributed by atoms with E-state index in [2.05, 4.69) is 12.2 Å². The number of carbonyl (C=O) groups excluding carboxylic acids is 1. The molecule has 4 heteroatoms. The van der Waals surface area contributed by atoms with Crippen LogP contribution >= 0.6 is 0 Å². The molecule has 3 N–H and O–H groups in total. The van der Waals surface area contributed by atoms with Crippen molar-refractivity contribution in [2.75, 3.05) is 13.7 Å². The first-order valence-corrected chi connectivity index (χ1v) is 7.81. The fourth-order valence-corrected chi connectivity index (χ4v) is 3.24. The average Bonchev–Trinajstić information content (AvgIpc) is 3.02. The van der Waals surface area contributed by atoms with E-state index in [9.17, 15) is 4.79 Å². The largest absolute Gasteiger partial charge is 0.496 e. The summed E-state index contributed by atoms with van der Waals surface area (Å²) in [4.78, 5) is 12.7. The topological polar surface area (TPSA) is 64.4 Å². The van der Waals surface area contributed by atoms with Crippen molar-refractivity contribution < 1.29 is 9.53 Å². The zero-order valence-electron chi connectivity index (χ0n) is 13.0. The molecule has 0 aromatic heterocycles. The number of ether oxygens (including phenoxy) is 1. The highest BCUT2D eigenvalue weighted by molar-refractivity contribution is 5.83. The lowest BCUT2D eigenvalue weighted by molar-refractivity contribution is -0.131. The molecule has 4 nitrogen and oxygen atoms in total. The molecule has 1 atom stereocenters. The smallest absolute Gasteiger partial charge is 0.227 e. The number of methoxy groups -OCH3 is 1. The second-order valence-electron chi connectivity index (χ2n) is 5.87. The second kappa shape index (κ2) is 6.94. The van der Waals surface area contributed by atoms with Crippen LogP contribution in [-0.2, 0) is 4.79 Å². The summed E-state index contributed by atoms with van der Waals surface area (Å²) in [7, 11) is 1.66. The van der Waals surface area contributed by atoms with E-state index in [1.54, 1.807) is 7.11 Å². The van der Waals surface area contributed by atoms with Crippen LogP contribution in [0.4, 0.5) is 0 Å². The zero-order chi connectivity index (χ0) is 15.3. The van der Waals surface area contributed by atoms with Gasteiger partial charge in [-0.15, -0.1) is 0 Å². The third kappa shape index (κ3) is 3.21. The number of amides is 1. The van der Waals surface area contributed by atoms with Crippen LogP contribution in [0.1, 0.15) is 50.6 Å². The Bertz CT molecular complexity index is 481. The molecule has 1 aliphatic carbocycles. The van der Waals surface area contributed by atoms with Gasteiger partial charge in [0.25, 0.3) is 0 Å². The van der Waals surface area contributed by atoms with Crippen LogP contribution in [-0.4, -0.2) is 19.6 Å². The first-order chi connectivity index (χ1) is 10.2. The Morgan fingerprint density at radius 2 is 2.05 bits per heavy atom. The molecule has 0 spiro atoms. The van der Waals surface area contributed by atoms with Crippen LogP contribution in [0.3, 0.4) is 0 Å². The lowest BCUT2D eigenvalue weighted by Gasteiger charge is -2.29. The van der Waals surface area contributed by atoms with E-state index in [0.29, 0.717) is 6.54 Å². The van der Waals surface area contributed by atoms with Crippen molar-refractivity contribution in [3.63, 3.8) is 0 Å². The lowest BCUT2D eigenvalue weighted by atomic mass is 9.84. The van der Waals surface area contributed by atoms with E-state index < -0.39 is 0 Å². The van der Waals surface area contributed by atoms with Crippen LogP contribution in [0, 0.1) is 5.41 Å². The highest BCUT2D eigenvalue weighted by atomic mass is 16.5. The Morgan fingerprint density at radius 3 is 2.62 bits per heavy atom. The van der Waals surface area contributed by atoms with Gasteiger partial charge in [0.2, 0.25) is 5.91 Å². The van der Waals surface area contributed by atoms with Gasteiger partial charge in [-0.05, 0) is 25.3 Å². The molecule has 0 bridgehead atoms. The number of benzene rings is 1. The average molecular weight is 290 g/mol. The molecule has 1 aromatic rings. The molecular formula is C17H26N2O2. The van der Waals surface area contributed by atoms with Crippen molar-refractivity contribution in [1.29, 1.82) is 0 Å².